The van der Waals surface area contributed by atoms with E-state index in [4.69, 9.17) is 4.74 Å². The number of ether oxygens (including phenoxy) is 1. The number of phenolic OH excluding ortho intramolecular Hbond substituents is 1. The molecule has 0 saturated heterocycles. The maximum atomic E-state index is 12.8. The summed E-state index contributed by atoms with van der Waals surface area (Å²) in [7, 11) is 0. The van der Waals surface area contributed by atoms with Crippen LogP contribution in [-0.4, -0.2) is 26.7 Å². The first kappa shape index (κ1) is 21.5. The molecule has 0 saturated carbocycles. The summed E-state index contributed by atoms with van der Waals surface area (Å²) < 4.78 is 18.7. The number of aromatic nitrogens is 1. The van der Waals surface area contributed by atoms with Crippen LogP contribution in [-0.2, 0) is 24.2 Å². The Hall–Kier alpha value is -3.16. The molecule has 2 aromatic carbocycles. The maximum Gasteiger partial charge on any atom is 0.250 e. The highest BCUT2D eigenvalue weighted by Gasteiger charge is 2.18. The summed E-state index contributed by atoms with van der Waals surface area (Å²) in [6, 6.07) is 13.4. The van der Waals surface area contributed by atoms with E-state index in [9.17, 15) is 19.2 Å². The zero-order valence-electron chi connectivity index (χ0n) is 16.6. The van der Waals surface area contributed by atoms with Crippen molar-refractivity contribution >= 4 is 23.2 Å². The molecule has 0 spiro atoms. The largest absolute Gasteiger partial charge is 0.605 e. The van der Waals surface area contributed by atoms with E-state index >= 15 is 0 Å². The number of Topliss-reactive ketones (excluding diaryl/α,β-unsaturated/α-hetero) is 1. The smallest absolute Gasteiger partial charge is 0.250 e. The molecule has 0 radical (unpaired) electrons. The number of rotatable bonds is 8. The Bertz CT molecular complexity index is 1080. The molecule has 0 bridgehead atoms. The maximum absolute atomic E-state index is 12.8. The Morgan fingerprint density at radius 1 is 1.23 bits per heavy atom. The molecular formula is C23H21NO5S. The van der Waals surface area contributed by atoms with Crippen molar-refractivity contribution in [3.05, 3.63) is 77.0 Å². The van der Waals surface area contributed by atoms with E-state index in [1.807, 2.05) is 13.0 Å². The summed E-state index contributed by atoms with van der Waals surface area (Å²) in [6.45, 7) is 3.47. The van der Waals surface area contributed by atoms with Gasteiger partial charge in [0.2, 0.25) is 0 Å². The standard InChI is InChI=1S/C23H21NO5S/c1-3-19-21(8-7-20(15(2)26)23(19)27)29-14-17-5-4-6-18(11-17)30(28)22-12-16(13-25)9-10-24-22/h4-13,27H,3,14H2,1-2H3. The number of hydrogen-bond acceptors (Lipinski definition) is 6. The summed E-state index contributed by atoms with van der Waals surface area (Å²) >= 11 is -1.54. The molecule has 1 heterocycles. The van der Waals surface area contributed by atoms with Gasteiger partial charge >= 0.3 is 0 Å². The van der Waals surface area contributed by atoms with Crippen LogP contribution in [0.1, 0.15) is 45.7 Å². The van der Waals surface area contributed by atoms with Gasteiger partial charge in [-0.2, -0.15) is 0 Å². The highest BCUT2D eigenvalue weighted by atomic mass is 32.2. The van der Waals surface area contributed by atoms with Crippen molar-refractivity contribution in [2.75, 3.05) is 0 Å². The van der Waals surface area contributed by atoms with E-state index < -0.39 is 11.2 Å². The second-order valence-corrected chi connectivity index (χ2v) is 8.03. The molecule has 3 rings (SSSR count). The van der Waals surface area contributed by atoms with Crippen LogP contribution in [0.25, 0.3) is 0 Å². The normalized spacial score (nSPS) is 11.7. The number of phenols is 1. The Morgan fingerprint density at radius 2 is 2.03 bits per heavy atom. The Balaban J connectivity index is 1.80. The van der Waals surface area contributed by atoms with Crippen LogP contribution in [0.4, 0.5) is 0 Å². The minimum Gasteiger partial charge on any atom is -0.605 e. The second-order valence-electron chi connectivity index (χ2n) is 6.60. The molecule has 1 N–H and O–H groups in total. The molecule has 0 fully saturated rings. The zero-order chi connectivity index (χ0) is 21.7. The van der Waals surface area contributed by atoms with Crippen molar-refractivity contribution in [1.29, 1.82) is 0 Å². The first-order chi connectivity index (χ1) is 14.4. The fourth-order valence-electron chi connectivity index (χ4n) is 3.01. The topological polar surface area (TPSA) is 99.5 Å². The third-order valence-corrected chi connectivity index (χ3v) is 5.85. The lowest BCUT2D eigenvalue weighted by Gasteiger charge is -2.14. The van der Waals surface area contributed by atoms with Crippen molar-refractivity contribution in [1.82, 2.24) is 4.98 Å². The molecule has 154 valence electrons. The molecule has 0 aliphatic carbocycles. The van der Waals surface area contributed by atoms with E-state index in [0.29, 0.717) is 39.5 Å². The molecule has 1 aromatic heterocycles. The number of hydrogen-bond donors (Lipinski definition) is 1. The molecule has 1 unspecified atom stereocenters. The van der Waals surface area contributed by atoms with Crippen LogP contribution in [0.3, 0.4) is 0 Å². The number of nitrogens with zero attached hydrogens (tertiary/aromatic N) is 1. The summed E-state index contributed by atoms with van der Waals surface area (Å²) in [5, 5.41) is 10.7. The van der Waals surface area contributed by atoms with Gasteiger partial charge in [0.25, 0.3) is 5.03 Å². The van der Waals surface area contributed by atoms with Gasteiger partial charge in [-0.3, -0.25) is 9.59 Å². The van der Waals surface area contributed by atoms with Gasteiger partial charge in [0.1, 0.15) is 24.4 Å². The van der Waals surface area contributed by atoms with Gasteiger partial charge in [-0.15, -0.1) is 0 Å². The summed E-state index contributed by atoms with van der Waals surface area (Å²) in [6.07, 6.45) is 2.64. The minimum atomic E-state index is -1.54. The fraction of sp³-hybridized carbons (Fsp3) is 0.174. The van der Waals surface area contributed by atoms with E-state index in [0.717, 1.165) is 5.56 Å². The van der Waals surface area contributed by atoms with E-state index in [-0.39, 0.29) is 23.7 Å². The van der Waals surface area contributed by atoms with Crippen LogP contribution in [0.5, 0.6) is 11.5 Å². The Kier molecular flexibility index (Phi) is 6.87. The highest BCUT2D eigenvalue weighted by Crippen LogP contribution is 2.33. The van der Waals surface area contributed by atoms with Crippen LogP contribution >= 0.6 is 0 Å². The molecule has 6 nitrogen and oxygen atoms in total. The Morgan fingerprint density at radius 3 is 2.73 bits per heavy atom. The van der Waals surface area contributed by atoms with Crippen molar-refractivity contribution in [3.8, 4) is 11.5 Å². The van der Waals surface area contributed by atoms with Crippen LogP contribution in [0.15, 0.2) is 64.6 Å². The van der Waals surface area contributed by atoms with Crippen molar-refractivity contribution in [3.63, 3.8) is 0 Å². The summed E-state index contributed by atoms with van der Waals surface area (Å²) in [5.41, 5.74) is 2.03. The lowest BCUT2D eigenvalue weighted by molar-refractivity contribution is 0.101. The predicted octanol–water partition coefficient (Wildman–Crippen LogP) is 4.11. The molecule has 0 aliphatic heterocycles. The zero-order valence-corrected chi connectivity index (χ0v) is 17.4. The average Bonchev–Trinajstić information content (AvgIpc) is 2.77. The first-order valence-corrected chi connectivity index (χ1v) is 10.5. The number of carbonyl (C=O) groups is 2. The average molecular weight is 423 g/mol. The van der Waals surface area contributed by atoms with Crippen LogP contribution in [0, 0.1) is 0 Å². The lowest BCUT2D eigenvalue weighted by atomic mass is 10.0. The second kappa shape index (κ2) is 9.56. The van der Waals surface area contributed by atoms with Gasteiger partial charge in [0, 0.05) is 40.6 Å². The quantitative estimate of drug-likeness (QED) is 0.332. The van der Waals surface area contributed by atoms with Gasteiger partial charge in [-0.05, 0) is 43.2 Å². The predicted molar refractivity (Wildman–Crippen MR) is 113 cm³/mol. The number of aromatic hydroxyl groups is 1. The van der Waals surface area contributed by atoms with Gasteiger partial charge in [-0.1, -0.05) is 19.1 Å². The number of ketones is 1. The molecule has 3 aromatic rings. The monoisotopic (exact) mass is 423 g/mol. The van der Waals surface area contributed by atoms with Crippen molar-refractivity contribution in [2.24, 2.45) is 0 Å². The highest BCUT2D eigenvalue weighted by molar-refractivity contribution is 7.91. The molecule has 30 heavy (non-hydrogen) atoms. The number of carbonyl (C=O) groups excluding carboxylic acids is 2. The summed E-state index contributed by atoms with van der Waals surface area (Å²) in [5.74, 6) is 0.224. The van der Waals surface area contributed by atoms with E-state index in [1.165, 1.54) is 19.2 Å². The summed E-state index contributed by atoms with van der Waals surface area (Å²) in [4.78, 5) is 27.2. The molecule has 1 atom stereocenters. The van der Waals surface area contributed by atoms with Crippen LogP contribution in [0.2, 0.25) is 0 Å². The molecule has 0 aliphatic rings. The number of benzene rings is 2. The SMILES string of the molecule is CCc1c(OCc2cccc([S+]([O-])c3cc(C=O)ccn3)c2)ccc(C(C)=O)c1O. The first-order valence-electron chi connectivity index (χ1n) is 9.35. The molecule has 7 heteroatoms. The third kappa shape index (κ3) is 4.69. The molecular weight excluding hydrogens is 402 g/mol. The number of aldehydes is 1. The Labute approximate surface area is 177 Å². The fourth-order valence-corrected chi connectivity index (χ4v) is 4.11. The van der Waals surface area contributed by atoms with Gasteiger partial charge < -0.3 is 14.4 Å². The third-order valence-electron chi connectivity index (χ3n) is 4.56. The van der Waals surface area contributed by atoms with Crippen molar-refractivity contribution in [2.45, 2.75) is 36.8 Å². The van der Waals surface area contributed by atoms with Gasteiger partial charge in [0.15, 0.2) is 10.7 Å². The molecule has 0 amide bonds. The van der Waals surface area contributed by atoms with E-state index in [1.54, 1.807) is 36.4 Å². The van der Waals surface area contributed by atoms with Crippen molar-refractivity contribution < 1.29 is 24.0 Å². The minimum absolute atomic E-state index is 0.0570. The lowest BCUT2D eigenvalue weighted by Crippen LogP contribution is -2.06. The van der Waals surface area contributed by atoms with Gasteiger partial charge in [0.05, 0.1) is 5.56 Å². The number of pyridine rings is 1. The van der Waals surface area contributed by atoms with Crippen LogP contribution < -0.4 is 4.74 Å². The van der Waals surface area contributed by atoms with E-state index in [2.05, 4.69) is 4.98 Å². The van der Waals surface area contributed by atoms with Gasteiger partial charge in [-0.25, -0.2) is 4.98 Å².